The van der Waals surface area contributed by atoms with Crippen LogP contribution in [0.5, 0.6) is 0 Å². The van der Waals surface area contributed by atoms with Gasteiger partial charge < -0.3 is 4.90 Å². The highest BCUT2D eigenvalue weighted by Crippen LogP contribution is 2.12. The van der Waals surface area contributed by atoms with E-state index >= 15 is 0 Å². The van der Waals surface area contributed by atoms with Gasteiger partial charge in [-0.25, -0.2) is 0 Å². The second-order valence-electron chi connectivity index (χ2n) is 5.11. The Bertz CT molecular complexity index is 583. The predicted molar refractivity (Wildman–Crippen MR) is 87.5 cm³/mol. The van der Waals surface area contributed by atoms with E-state index in [9.17, 15) is 4.79 Å². The third-order valence-corrected chi connectivity index (χ3v) is 3.83. The maximum atomic E-state index is 12.0. The van der Waals surface area contributed by atoms with Crippen LogP contribution in [-0.4, -0.2) is 23.2 Å². The summed E-state index contributed by atoms with van der Waals surface area (Å²) in [6.07, 6.45) is 0.843. The molecule has 0 atom stereocenters. The minimum absolute atomic E-state index is 0.0177. The van der Waals surface area contributed by atoms with Crippen LogP contribution in [0.1, 0.15) is 16.7 Å². The molecule has 2 rings (SSSR count). The van der Waals surface area contributed by atoms with Gasteiger partial charge in [-0.2, -0.15) is 0 Å². The molecule has 0 unspecified atom stereocenters. The molecule has 0 aliphatic carbocycles. The Kier molecular flexibility index (Phi) is 5.82. The standard InChI is InChI=1S/C18H20ClNO/c1-15-7-5-6-10-17(15)14-20(18(21)13-19)12-11-16-8-3-2-4-9-16/h2-10H,11-14H2,1H3. The molecule has 0 aliphatic heterocycles. The van der Waals surface area contributed by atoms with Crippen molar-refractivity contribution in [3.8, 4) is 0 Å². The van der Waals surface area contributed by atoms with Crippen molar-refractivity contribution >= 4 is 17.5 Å². The van der Waals surface area contributed by atoms with Crippen molar-refractivity contribution in [2.24, 2.45) is 0 Å². The third kappa shape index (κ3) is 4.61. The first-order valence-corrected chi connectivity index (χ1v) is 7.66. The highest BCUT2D eigenvalue weighted by Gasteiger charge is 2.13. The predicted octanol–water partition coefficient (Wildman–Crippen LogP) is 3.81. The maximum Gasteiger partial charge on any atom is 0.237 e. The Morgan fingerprint density at radius 2 is 1.71 bits per heavy atom. The molecule has 110 valence electrons. The molecule has 0 N–H and O–H groups in total. The molecular formula is C18H20ClNO. The number of halogens is 1. The van der Waals surface area contributed by atoms with Crippen molar-refractivity contribution < 1.29 is 4.79 Å². The van der Waals surface area contributed by atoms with Gasteiger partial charge in [0, 0.05) is 13.1 Å². The molecule has 0 bridgehead atoms. The van der Waals surface area contributed by atoms with E-state index in [-0.39, 0.29) is 11.8 Å². The number of rotatable bonds is 6. The van der Waals surface area contributed by atoms with Gasteiger partial charge in [-0.3, -0.25) is 4.79 Å². The van der Waals surface area contributed by atoms with Crippen molar-refractivity contribution in [1.82, 2.24) is 4.90 Å². The summed E-state index contributed by atoms with van der Waals surface area (Å²) in [4.78, 5) is 13.9. The van der Waals surface area contributed by atoms with Crippen molar-refractivity contribution in [3.63, 3.8) is 0 Å². The van der Waals surface area contributed by atoms with E-state index in [4.69, 9.17) is 11.6 Å². The fourth-order valence-corrected chi connectivity index (χ4v) is 2.45. The SMILES string of the molecule is Cc1ccccc1CN(CCc1ccccc1)C(=O)CCl. The average Bonchev–Trinajstić information content (AvgIpc) is 2.53. The minimum Gasteiger partial charge on any atom is -0.337 e. The van der Waals surface area contributed by atoms with E-state index in [0.29, 0.717) is 13.1 Å². The van der Waals surface area contributed by atoms with Crippen LogP contribution in [0, 0.1) is 6.92 Å². The van der Waals surface area contributed by atoms with E-state index in [2.05, 4.69) is 31.2 Å². The summed E-state index contributed by atoms with van der Waals surface area (Å²) in [7, 11) is 0. The summed E-state index contributed by atoms with van der Waals surface area (Å²) in [5, 5.41) is 0. The first-order chi connectivity index (χ1) is 10.2. The van der Waals surface area contributed by atoms with Gasteiger partial charge in [-0.15, -0.1) is 11.6 Å². The Labute approximate surface area is 131 Å². The van der Waals surface area contributed by atoms with Crippen LogP contribution in [0.3, 0.4) is 0 Å². The van der Waals surface area contributed by atoms with Gasteiger partial charge in [0.05, 0.1) is 0 Å². The Hall–Kier alpha value is -1.80. The molecule has 0 aliphatic rings. The first kappa shape index (κ1) is 15.6. The summed E-state index contributed by atoms with van der Waals surface area (Å²) in [6.45, 7) is 3.37. The molecule has 0 heterocycles. The molecule has 1 amide bonds. The van der Waals surface area contributed by atoms with Crippen molar-refractivity contribution in [1.29, 1.82) is 0 Å². The highest BCUT2D eigenvalue weighted by molar-refractivity contribution is 6.27. The fourth-order valence-electron chi connectivity index (χ4n) is 2.28. The van der Waals surface area contributed by atoms with Crippen molar-refractivity contribution in [2.45, 2.75) is 19.9 Å². The number of carbonyl (C=O) groups excluding carboxylic acids is 1. The Balaban J connectivity index is 2.05. The molecule has 2 aromatic rings. The van der Waals surface area contributed by atoms with Crippen molar-refractivity contribution in [2.75, 3.05) is 12.4 Å². The minimum atomic E-state index is -0.0177. The van der Waals surface area contributed by atoms with Crippen molar-refractivity contribution in [3.05, 3.63) is 71.3 Å². The lowest BCUT2D eigenvalue weighted by Gasteiger charge is -2.23. The third-order valence-electron chi connectivity index (χ3n) is 3.60. The smallest absolute Gasteiger partial charge is 0.237 e. The van der Waals surface area contributed by atoms with Gasteiger partial charge in [0.25, 0.3) is 0 Å². The summed E-state index contributed by atoms with van der Waals surface area (Å²) in [5.74, 6) is 0.0107. The first-order valence-electron chi connectivity index (χ1n) is 7.13. The molecule has 0 radical (unpaired) electrons. The monoisotopic (exact) mass is 301 g/mol. The molecule has 0 saturated carbocycles. The van der Waals surface area contributed by atoms with Gasteiger partial charge >= 0.3 is 0 Å². The van der Waals surface area contributed by atoms with Gasteiger partial charge in [-0.05, 0) is 30.0 Å². The van der Waals surface area contributed by atoms with Gasteiger partial charge in [0.1, 0.15) is 5.88 Å². The molecular weight excluding hydrogens is 282 g/mol. The number of nitrogens with zero attached hydrogens (tertiary/aromatic N) is 1. The van der Waals surface area contributed by atoms with Crippen LogP contribution < -0.4 is 0 Å². The zero-order chi connectivity index (χ0) is 15.1. The van der Waals surface area contributed by atoms with Crippen LogP contribution in [0.2, 0.25) is 0 Å². The van der Waals surface area contributed by atoms with Crippen LogP contribution in [-0.2, 0) is 17.8 Å². The van der Waals surface area contributed by atoms with E-state index in [1.54, 1.807) is 0 Å². The number of aryl methyl sites for hydroxylation is 1. The molecule has 2 aromatic carbocycles. The van der Waals surface area contributed by atoms with Gasteiger partial charge in [0.2, 0.25) is 5.91 Å². The molecule has 0 saturated heterocycles. The number of hydrogen-bond donors (Lipinski definition) is 0. The number of hydrogen-bond acceptors (Lipinski definition) is 1. The number of benzene rings is 2. The molecule has 0 spiro atoms. The second-order valence-corrected chi connectivity index (χ2v) is 5.38. The van der Waals surface area contributed by atoms with E-state index in [1.807, 2.05) is 35.2 Å². The molecule has 3 heteroatoms. The molecule has 0 fully saturated rings. The number of carbonyl (C=O) groups is 1. The average molecular weight is 302 g/mol. The zero-order valence-electron chi connectivity index (χ0n) is 12.3. The van der Waals surface area contributed by atoms with E-state index < -0.39 is 0 Å². The number of amides is 1. The molecule has 2 nitrogen and oxygen atoms in total. The van der Waals surface area contributed by atoms with Gasteiger partial charge in [0.15, 0.2) is 0 Å². The number of alkyl halides is 1. The van der Waals surface area contributed by atoms with Crippen LogP contribution >= 0.6 is 11.6 Å². The fraction of sp³-hybridized carbons (Fsp3) is 0.278. The van der Waals surface area contributed by atoms with Crippen LogP contribution in [0.25, 0.3) is 0 Å². The van der Waals surface area contributed by atoms with Gasteiger partial charge in [-0.1, -0.05) is 54.6 Å². The largest absolute Gasteiger partial charge is 0.337 e. The lowest BCUT2D eigenvalue weighted by atomic mass is 10.1. The quantitative estimate of drug-likeness (QED) is 0.743. The summed E-state index contributed by atoms with van der Waals surface area (Å²) in [5.41, 5.74) is 3.60. The van der Waals surface area contributed by atoms with Crippen LogP contribution in [0.4, 0.5) is 0 Å². The summed E-state index contributed by atoms with van der Waals surface area (Å²) < 4.78 is 0. The zero-order valence-corrected chi connectivity index (χ0v) is 13.0. The Morgan fingerprint density at radius 1 is 1.05 bits per heavy atom. The van der Waals surface area contributed by atoms with Crippen LogP contribution in [0.15, 0.2) is 54.6 Å². The second kappa shape index (κ2) is 7.84. The normalized spacial score (nSPS) is 10.4. The maximum absolute atomic E-state index is 12.0. The Morgan fingerprint density at radius 3 is 2.38 bits per heavy atom. The van der Waals surface area contributed by atoms with E-state index in [1.165, 1.54) is 16.7 Å². The molecule has 21 heavy (non-hydrogen) atoms. The topological polar surface area (TPSA) is 20.3 Å². The lowest BCUT2D eigenvalue weighted by molar-refractivity contribution is -0.129. The lowest BCUT2D eigenvalue weighted by Crippen LogP contribution is -2.33. The highest BCUT2D eigenvalue weighted by atomic mass is 35.5. The molecule has 0 aromatic heterocycles. The summed E-state index contributed by atoms with van der Waals surface area (Å²) >= 11 is 5.74. The summed E-state index contributed by atoms with van der Waals surface area (Å²) in [6, 6.07) is 18.3. The van der Waals surface area contributed by atoms with E-state index in [0.717, 1.165) is 6.42 Å².